The minimum atomic E-state index is -3.32. The molecule has 1 N–H and O–H groups in total. The molecule has 2 aliphatic rings. The van der Waals surface area contributed by atoms with Crippen LogP contribution in [0.25, 0.3) is 0 Å². The summed E-state index contributed by atoms with van der Waals surface area (Å²) in [6.45, 7) is 6.64. The minimum Gasteiger partial charge on any atom is -0.465 e. The van der Waals surface area contributed by atoms with Gasteiger partial charge in [0.05, 0.1) is 17.8 Å². The Kier molecular flexibility index (Phi) is 5.94. The lowest BCUT2D eigenvalue weighted by atomic mass is 9.75. The van der Waals surface area contributed by atoms with E-state index in [1.807, 2.05) is 12.1 Å². The first-order valence-electron chi connectivity index (χ1n) is 9.78. The van der Waals surface area contributed by atoms with Gasteiger partial charge in [-0.05, 0) is 43.4 Å². The number of hydrogen-bond acceptors (Lipinski definition) is 4. The van der Waals surface area contributed by atoms with Crippen LogP contribution in [-0.4, -0.2) is 26.7 Å². The second-order valence-electron chi connectivity index (χ2n) is 7.94. The molecule has 2 fully saturated rings. The highest BCUT2D eigenvalue weighted by molar-refractivity contribution is 7.92. The predicted octanol–water partition coefficient (Wildman–Crippen LogP) is 4.06. The van der Waals surface area contributed by atoms with E-state index in [0.717, 1.165) is 36.8 Å². The van der Waals surface area contributed by atoms with Crippen molar-refractivity contribution in [1.82, 2.24) is 0 Å². The van der Waals surface area contributed by atoms with Gasteiger partial charge < -0.3 is 4.74 Å². The van der Waals surface area contributed by atoms with Crippen LogP contribution in [0.5, 0.6) is 0 Å². The lowest BCUT2D eigenvalue weighted by Crippen LogP contribution is -2.31. The molecule has 0 spiro atoms. The minimum absolute atomic E-state index is 0.122. The molecule has 2 unspecified atom stereocenters. The van der Waals surface area contributed by atoms with Gasteiger partial charge in [-0.3, -0.25) is 9.52 Å². The third kappa shape index (κ3) is 4.54. The Morgan fingerprint density at radius 3 is 2.67 bits per heavy atom. The fraction of sp³-hybridized carbons (Fsp3) is 0.571. The molecule has 0 bridgehead atoms. The largest absolute Gasteiger partial charge is 0.465 e. The molecule has 27 heavy (non-hydrogen) atoms. The van der Waals surface area contributed by atoms with Crippen LogP contribution in [-0.2, 0) is 26.0 Å². The van der Waals surface area contributed by atoms with E-state index in [1.165, 1.54) is 0 Å². The highest BCUT2D eigenvalue weighted by Gasteiger charge is 2.55. The highest BCUT2D eigenvalue weighted by atomic mass is 32.2. The summed E-state index contributed by atoms with van der Waals surface area (Å²) in [5.41, 5.74) is 2.20. The van der Waals surface area contributed by atoms with Crippen molar-refractivity contribution in [3.8, 4) is 0 Å². The zero-order valence-corrected chi connectivity index (χ0v) is 16.8. The van der Waals surface area contributed by atoms with E-state index in [9.17, 15) is 13.2 Å². The van der Waals surface area contributed by atoms with E-state index >= 15 is 0 Å². The van der Waals surface area contributed by atoms with Crippen molar-refractivity contribution in [1.29, 1.82) is 0 Å². The van der Waals surface area contributed by atoms with Crippen molar-refractivity contribution in [3.63, 3.8) is 0 Å². The molecule has 148 valence electrons. The molecule has 1 aromatic rings. The smallest absolute Gasteiger partial charge is 0.313 e. The van der Waals surface area contributed by atoms with E-state index in [2.05, 4.69) is 18.2 Å². The molecule has 0 aromatic heterocycles. The molecule has 1 heterocycles. The number of benzene rings is 1. The van der Waals surface area contributed by atoms with Crippen molar-refractivity contribution in [3.05, 3.63) is 42.0 Å². The number of esters is 1. The monoisotopic (exact) mass is 391 g/mol. The number of nitrogens with one attached hydrogen (secondary N) is 1. The van der Waals surface area contributed by atoms with Crippen molar-refractivity contribution in [2.45, 2.75) is 51.9 Å². The van der Waals surface area contributed by atoms with Gasteiger partial charge in [-0.25, -0.2) is 8.42 Å². The maximum atomic E-state index is 12.4. The molecule has 1 aromatic carbocycles. The quantitative estimate of drug-likeness (QED) is 0.391. The number of rotatable bonds is 9. The number of fused-ring (bicyclic) bond motifs is 1. The SMILES string of the molecule is C=C1CC2COC(=O)C2(Cc2ccc(NS(=O)(=O)CCCCCC)cc2)C1. The van der Waals surface area contributed by atoms with Gasteiger partial charge in [0.2, 0.25) is 10.0 Å². The lowest BCUT2D eigenvalue weighted by molar-refractivity contribution is -0.146. The van der Waals surface area contributed by atoms with Gasteiger partial charge in [-0.1, -0.05) is 50.5 Å². The number of carbonyl (C=O) groups excluding carboxylic acids is 1. The van der Waals surface area contributed by atoms with Crippen LogP contribution >= 0.6 is 0 Å². The van der Waals surface area contributed by atoms with Gasteiger partial charge in [-0.15, -0.1) is 0 Å². The number of anilines is 1. The molecule has 2 atom stereocenters. The Morgan fingerprint density at radius 2 is 1.96 bits per heavy atom. The Bertz CT molecular complexity index is 800. The average molecular weight is 392 g/mol. The molecule has 5 nitrogen and oxygen atoms in total. The summed E-state index contributed by atoms with van der Waals surface area (Å²) in [4.78, 5) is 12.4. The van der Waals surface area contributed by atoms with Crippen molar-refractivity contribution >= 4 is 21.7 Å². The van der Waals surface area contributed by atoms with Crippen LogP contribution in [0.15, 0.2) is 36.4 Å². The number of cyclic esters (lactones) is 1. The van der Waals surface area contributed by atoms with Crippen LogP contribution in [0.2, 0.25) is 0 Å². The summed E-state index contributed by atoms with van der Waals surface area (Å²) < 4.78 is 32.3. The van der Waals surface area contributed by atoms with Crippen LogP contribution < -0.4 is 4.72 Å². The summed E-state index contributed by atoms with van der Waals surface area (Å²) >= 11 is 0. The number of unbranched alkanes of at least 4 members (excludes halogenated alkanes) is 3. The van der Waals surface area contributed by atoms with Crippen LogP contribution in [0, 0.1) is 11.3 Å². The van der Waals surface area contributed by atoms with Crippen molar-refractivity contribution in [2.24, 2.45) is 11.3 Å². The third-order valence-corrected chi connectivity index (χ3v) is 7.09. The Balaban J connectivity index is 1.62. The molecule has 1 aliphatic heterocycles. The maximum absolute atomic E-state index is 12.4. The zero-order chi connectivity index (χ0) is 19.5. The molecule has 1 saturated carbocycles. The number of carbonyl (C=O) groups is 1. The van der Waals surface area contributed by atoms with Gasteiger partial charge >= 0.3 is 5.97 Å². The second-order valence-corrected chi connectivity index (χ2v) is 9.78. The zero-order valence-electron chi connectivity index (χ0n) is 16.0. The number of ether oxygens (including phenoxy) is 1. The standard InChI is InChI=1S/C21H29NO4S/c1-3-4-5-6-11-27(24,25)22-19-9-7-17(8-10-19)14-21-13-16(2)12-18(21)15-26-20(21)23/h7-10,18,22H,2-6,11-15H2,1H3. The lowest BCUT2D eigenvalue weighted by Gasteiger charge is -2.24. The molecule has 0 amide bonds. The van der Waals surface area contributed by atoms with E-state index in [-0.39, 0.29) is 17.6 Å². The molecule has 0 radical (unpaired) electrons. The number of hydrogen-bond donors (Lipinski definition) is 1. The van der Waals surface area contributed by atoms with E-state index in [0.29, 0.717) is 31.6 Å². The van der Waals surface area contributed by atoms with E-state index < -0.39 is 15.4 Å². The fourth-order valence-corrected chi connectivity index (χ4v) is 5.45. The molecule has 3 rings (SSSR count). The van der Waals surface area contributed by atoms with Crippen LogP contribution in [0.1, 0.15) is 51.0 Å². The topological polar surface area (TPSA) is 72.5 Å². The van der Waals surface area contributed by atoms with Crippen LogP contribution in [0.4, 0.5) is 5.69 Å². The van der Waals surface area contributed by atoms with E-state index in [1.54, 1.807) is 12.1 Å². The normalized spacial score (nSPS) is 24.7. The Hall–Kier alpha value is -1.82. The predicted molar refractivity (Wildman–Crippen MR) is 107 cm³/mol. The van der Waals surface area contributed by atoms with Gasteiger partial charge in [0.15, 0.2) is 0 Å². The summed E-state index contributed by atoms with van der Waals surface area (Å²) in [5.74, 6) is 0.231. The highest BCUT2D eigenvalue weighted by Crippen LogP contribution is 2.52. The van der Waals surface area contributed by atoms with Crippen molar-refractivity contribution < 1.29 is 17.9 Å². The molecule has 6 heteroatoms. The fourth-order valence-electron chi connectivity index (χ4n) is 4.27. The Labute approximate surface area is 162 Å². The first-order chi connectivity index (χ1) is 12.8. The van der Waals surface area contributed by atoms with Crippen LogP contribution in [0.3, 0.4) is 0 Å². The molecule has 1 aliphatic carbocycles. The molecular formula is C21H29NO4S. The second kappa shape index (κ2) is 8.05. The summed E-state index contributed by atoms with van der Waals surface area (Å²) in [5, 5.41) is 0. The van der Waals surface area contributed by atoms with E-state index in [4.69, 9.17) is 4.74 Å². The maximum Gasteiger partial charge on any atom is 0.313 e. The molecule has 1 saturated heterocycles. The summed E-state index contributed by atoms with van der Waals surface area (Å²) in [6.07, 6.45) is 5.89. The average Bonchev–Trinajstić information content (AvgIpc) is 3.08. The van der Waals surface area contributed by atoms with Gasteiger partial charge in [0.1, 0.15) is 0 Å². The summed E-state index contributed by atoms with van der Waals surface area (Å²) in [7, 11) is -3.32. The third-order valence-electron chi connectivity index (χ3n) is 5.72. The number of allylic oxidation sites excluding steroid dienone is 1. The Morgan fingerprint density at radius 1 is 1.22 bits per heavy atom. The van der Waals surface area contributed by atoms with Gasteiger partial charge in [0, 0.05) is 11.6 Å². The number of sulfonamides is 1. The first-order valence-corrected chi connectivity index (χ1v) is 11.4. The van der Waals surface area contributed by atoms with Crippen molar-refractivity contribution in [2.75, 3.05) is 17.1 Å². The van der Waals surface area contributed by atoms with Gasteiger partial charge in [-0.2, -0.15) is 0 Å². The van der Waals surface area contributed by atoms with Gasteiger partial charge in [0.25, 0.3) is 0 Å². The first kappa shape index (κ1) is 19.9. The summed E-state index contributed by atoms with van der Waals surface area (Å²) in [6, 6.07) is 7.34. The molecular weight excluding hydrogens is 362 g/mol.